The molecule has 20 heavy (non-hydrogen) atoms. The number of benzene rings is 1. The summed E-state index contributed by atoms with van der Waals surface area (Å²) >= 11 is 0. The fourth-order valence-electron chi connectivity index (χ4n) is 1.53. The Morgan fingerprint density at radius 3 is 2.80 bits per heavy atom. The summed E-state index contributed by atoms with van der Waals surface area (Å²) in [5.74, 6) is -1.20. The van der Waals surface area contributed by atoms with Crippen molar-refractivity contribution in [2.45, 2.75) is 12.5 Å². The van der Waals surface area contributed by atoms with Crippen molar-refractivity contribution in [2.24, 2.45) is 0 Å². The highest BCUT2D eigenvalue weighted by molar-refractivity contribution is 5.97. The molecule has 0 unspecified atom stereocenters. The number of ether oxygens (including phenoxy) is 1. The van der Waals surface area contributed by atoms with Gasteiger partial charge in [-0.05, 0) is 12.5 Å². The highest BCUT2D eigenvalue weighted by Gasteiger charge is 2.21. The maximum absolute atomic E-state index is 11.9. The van der Waals surface area contributed by atoms with Crippen molar-refractivity contribution in [1.29, 1.82) is 0 Å². The summed E-state index contributed by atoms with van der Waals surface area (Å²) < 4.78 is 4.55. The average Bonchev–Trinajstić information content (AvgIpc) is 2.45. The summed E-state index contributed by atoms with van der Waals surface area (Å²) in [6.07, 6.45) is 1.67. The Hall–Kier alpha value is -2.70. The van der Waals surface area contributed by atoms with Crippen molar-refractivity contribution in [3.63, 3.8) is 0 Å². The van der Waals surface area contributed by atoms with E-state index in [1.165, 1.54) is 31.4 Å². The Balaban J connectivity index is 2.88. The molecular weight excluding hydrogens is 264 g/mol. The zero-order chi connectivity index (χ0) is 15.1. The van der Waals surface area contributed by atoms with Crippen LogP contribution in [-0.4, -0.2) is 30.0 Å². The lowest BCUT2D eigenvalue weighted by Crippen LogP contribution is -2.41. The second-order valence-corrected chi connectivity index (χ2v) is 3.88. The Bertz CT molecular complexity index is 541. The number of hydrogen-bond acceptors (Lipinski definition) is 5. The first-order valence-electron chi connectivity index (χ1n) is 5.73. The Kier molecular flexibility index (Phi) is 5.40. The molecule has 0 spiro atoms. The van der Waals surface area contributed by atoms with E-state index in [1.54, 1.807) is 0 Å². The van der Waals surface area contributed by atoms with Crippen LogP contribution in [0.4, 0.5) is 5.69 Å². The Morgan fingerprint density at radius 1 is 1.55 bits per heavy atom. The van der Waals surface area contributed by atoms with Gasteiger partial charge in [0.05, 0.1) is 12.0 Å². The molecule has 106 valence electrons. The van der Waals surface area contributed by atoms with Crippen molar-refractivity contribution < 1.29 is 19.2 Å². The number of carbonyl (C=O) groups is 2. The number of esters is 1. The minimum absolute atomic E-state index is 0.0946. The lowest BCUT2D eigenvalue weighted by molar-refractivity contribution is -0.384. The third-order valence-electron chi connectivity index (χ3n) is 2.51. The summed E-state index contributed by atoms with van der Waals surface area (Å²) in [5, 5.41) is 13.1. The predicted octanol–water partition coefficient (Wildman–Crippen LogP) is 1.44. The summed E-state index contributed by atoms with van der Waals surface area (Å²) in [6, 6.07) is 4.36. The molecule has 1 rings (SSSR count). The van der Waals surface area contributed by atoms with Crippen LogP contribution in [0.1, 0.15) is 16.8 Å². The van der Waals surface area contributed by atoms with Crippen LogP contribution in [0.3, 0.4) is 0 Å². The van der Waals surface area contributed by atoms with Gasteiger partial charge in [0.25, 0.3) is 11.6 Å². The number of nitro benzene ring substituents is 1. The number of nitrogens with zero attached hydrogens (tertiary/aromatic N) is 1. The van der Waals surface area contributed by atoms with Gasteiger partial charge in [0.2, 0.25) is 0 Å². The Morgan fingerprint density at radius 2 is 2.25 bits per heavy atom. The smallest absolute Gasteiger partial charge is 0.328 e. The molecule has 1 N–H and O–H groups in total. The molecule has 0 aliphatic carbocycles. The molecule has 0 saturated carbocycles. The van der Waals surface area contributed by atoms with Crippen LogP contribution < -0.4 is 5.32 Å². The number of nitro groups is 1. The van der Waals surface area contributed by atoms with E-state index in [4.69, 9.17) is 0 Å². The molecule has 1 aromatic rings. The molecule has 1 amide bonds. The van der Waals surface area contributed by atoms with E-state index in [0.717, 1.165) is 6.07 Å². The van der Waals surface area contributed by atoms with Gasteiger partial charge in [-0.1, -0.05) is 12.1 Å². The number of nitrogens with one attached hydrogen (secondary N) is 1. The minimum Gasteiger partial charge on any atom is -0.467 e. The molecule has 0 aliphatic heterocycles. The number of amides is 1. The zero-order valence-electron chi connectivity index (χ0n) is 10.9. The molecule has 0 aliphatic rings. The molecule has 0 heterocycles. The normalized spacial score (nSPS) is 11.2. The number of methoxy groups -OCH3 is 1. The van der Waals surface area contributed by atoms with Gasteiger partial charge in [-0.3, -0.25) is 14.9 Å². The van der Waals surface area contributed by atoms with E-state index in [9.17, 15) is 19.7 Å². The van der Waals surface area contributed by atoms with Crippen LogP contribution in [0.5, 0.6) is 0 Å². The van der Waals surface area contributed by atoms with E-state index in [-0.39, 0.29) is 17.7 Å². The van der Waals surface area contributed by atoms with Crippen molar-refractivity contribution >= 4 is 17.6 Å². The van der Waals surface area contributed by atoms with Gasteiger partial charge >= 0.3 is 5.97 Å². The lowest BCUT2D eigenvalue weighted by Gasteiger charge is -2.14. The van der Waals surface area contributed by atoms with Crippen molar-refractivity contribution in [2.75, 3.05) is 7.11 Å². The monoisotopic (exact) mass is 278 g/mol. The second-order valence-electron chi connectivity index (χ2n) is 3.88. The van der Waals surface area contributed by atoms with E-state index in [0.29, 0.717) is 0 Å². The third kappa shape index (κ3) is 3.91. The third-order valence-corrected chi connectivity index (χ3v) is 2.51. The maximum atomic E-state index is 11.9. The lowest BCUT2D eigenvalue weighted by atomic mass is 10.1. The first-order chi connectivity index (χ1) is 9.49. The van der Waals surface area contributed by atoms with Crippen LogP contribution in [0, 0.1) is 10.1 Å². The Labute approximate surface area is 115 Å². The first kappa shape index (κ1) is 15.4. The molecule has 7 heteroatoms. The highest BCUT2D eigenvalue weighted by atomic mass is 16.6. The van der Waals surface area contributed by atoms with E-state index in [2.05, 4.69) is 16.6 Å². The fourth-order valence-corrected chi connectivity index (χ4v) is 1.53. The molecule has 0 aromatic heterocycles. The fraction of sp³-hybridized carbons (Fsp3) is 0.231. The summed E-state index contributed by atoms with van der Waals surface area (Å²) in [7, 11) is 1.21. The first-order valence-corrected chi connectivity index (χ1v) is 5.73. The van der Waals surface area contributed by atoms with Gasteiger partial charge < -0.3 is 10.1 Å². The molecule has 1 atom stereocenters. The summed E-state index contributed by atoms with van der Waals surface area (Å²) in [6.45, 7) is 3.49. The summed E-state index contributed by atoms with van der Waals surface area (Å²) in [5.41, 5.74) is -0.104. The van der Waals surface area contributed by atoms with Gasteiger partial charge in [-0.2, -0.15) is 0 Å². The van der Waals surface area contributed by atoms with E-state index < -0.39 is 22.8 Å². The molecule has 0 radical (unpaired) electrons. The van der Waals surface area contributed by atoms with Crippen molar-refractivity contribution in [1.82, 2.24) is 5.32 Å². The predicted molar refractivity (Wildman–Crippen MR) is 71.2 cm³/mol. The van der Waals surface area contributed by atoms with Gasteiger partial charge in [-0.25, -0.2) is 4.79 Å². The van der Waals surface area contributed by atoms with Crippen LogP contribution in [0.25, 0.3) is 0 Å². The highest BCUT2D eigenvalue weighted by Crippen LogP contribution is 2.13. The van der Waals surface area contributed by atoms with Gasteiger partial charge in [-0.15, -0.1) is 6.58 Å². The minimum atomic E-state index is -0.871. The zero-order valence-corrected chi connectivity index (χ0v) is 10.9. The largest absolute Gasteiger partial charge is 0.467 e. The maximum Gasteiger partial charge on any atom is 0.328 e. The molecular formula is C13H14N2O5. The molecule has 0 bridgehead atoms. The van der Waals surface area contributed by atoms with Crippen LogP contribution in [0.15, 0.2) is 36.9 Å². The quantitative estimate of drug-likeness (QED) is 0.367. The van der Waals surface area contributed by atoms with Crippen LogP contribution in [-0.2, 0) is 9.53 Å². The number of rotatable bonds is 6. The number of carbonyl (C=O) groups excluding carboxylic acids is 2. The van der Waals surface area contributed by atoms with E-state index in [1.807, 2.05) is 0 Å². The van der Waals surface area contributed by atoms with Gasteiger partial charge in [0, 0.05) is 17.7 Å². The van der Waals surface area contributed by atoms with Gasteiger partial charge in [0.15, 0.2) is 0 Å². The molecule has 1 aromatic carbocycles. The number of non-ortho nitro benzene ring substituents is 1. The molecule has 0 saturated heterocycles. The van der Waals surface area contributed by atoms with Crippen LogP contribution >= 0.6 is 0 Å². The molecule has 7 nitrogen and oxygen atoms in total. The van der Waals surface area contributed by atoms with E-state index >= 15 is 0 Å². The van der Waals surface area contributed by atoms with Crippen molar-refractivity contribution in [3.05, 3.63) is 52.6 Å². The standard InChI is InChI=1S/C13H14N2O5/c1-3-5-11(13(17)20-2)14-12(16)9-6-4-7-10(8-9)15(18)19/h3-4,6-8,11H,1,5H2,2H3,(H,14,16)/t11-/m0/s1. The SMILES string of the molecule is C=CC[C@H](NC(=O)c1cccc([N+](=O)[O-])c1)C(=O)OC. The topological polar surface area (TPSA) is 98.5 Å². The van der Waals surface area contributed by atoms with Crippen LogP contribution in [0.2, 0.25) is 0 Å². The second kappa shape index (κ2) is 7.03. The summed E-state index contributed by atoms with van der Waals surface area (Å²) in [4.78, 5) is 33.4. The molecule has 0 fully saturated rings. The average molecular weight is 278 g/mol. The van der Waals surface area contributed by atoms with Gasteiger partial charge in [0.1, 0.15) is 6.04 Å². The number of hydrogen-bond donors (Lipinski definition) is 1. The van der Waals surface area contributed by atoms with Crippen molar-refractivity contribution in [3.8, 4) is 0 Å².